The van der Waals surface area contributed by atoms with Crippen molar-refractivity contribution in [1.82, 2.24) is 9.97 Å². The molecule has 0 fully saturated rings. The van der Waals surface area contributed by atoms with Crippen LogP contribution in [0.15, 0.2) is 206 Å². The normalized spacial score (nSPS) is 14.1. The van der Waals surface area contributed by atoms with Crippen molar-refractivity contribution in [2.24, 2.45) is 0 Å². The monoisotopic (exact) mass is 764 g/mol. The van der Waals surface area contributed by atoms with E-state index in [1.54, 1.807) is 0 Å². The van der Waals surface area contributed by atoms with Gasteiger partial charge in [0, 0.05) is 22.1 Å². The van der Waals surface area contributed by atoms with Crippen LogP contribution in [0.5, 0.6) is 0 Å². The van der Waals surface area contributed by atoms with Crippen LogP contribution in [-0.2, 0) is 10.8 Å². The minimum Gasteiger partial charge on any atom is -0.228 e. The Morgan fingerprint density at radius 2 is 0.883 bits per heavy atom. The quantitative estimate of drug-likeness (QED) is 0.167. The molecule has 0 saturated heterocycles. The van der Waals surface area contributed by atoms with Gasteiger partial charge in [-0.3, -0.25) is 0 Å². The lowest BCUT2D eigenvalue weighted by molar-refractivity contribution is 0.563. The number of hydrogen-bond donors (Lipinski definition) is 0. The van der Waals surface area contributed by atoms with Crippen molar-refractivity contribution >= 4 is 21.5 Å². The molecule has 1 aromatic heterocycles. The summed E-state index contributed by atoms with van der Waals surface area (Å²) in [5, 5.41) is 4.93. The van der Waals surface area contributed by atoms with Gasteiger partial charge in [-0.25, -0.2) is 9.97 Å². The van der Waals surface area contributed by atoms with Crippen LogP contribution in [0.2, 0.25) is 0 Å². The molecule has 1 heterocycles. The summed E-state index contributed by atoms with van der Waals surface area (Å²) < 4.78 is 0. The zero-order chi connectivity index (χ0) is 40.0. The predicted molar refractivity (Wildman–Crippen MR) is 248 cm³/mol. The van der Waals surface area contributed by atoms with E-state index >= 15 is 0 Å². The van der Waals surface area contributed by atoms with Gasteiger partial charge in [-0.1, -0.05) is 202 Å². The van der Waals surface area contributed by atoms with E-state index in [1.165, 1.54) is 71.6 Å². The van der Waals surface area contributed by atoms with Crippen LogP contribution < -0.4 is 0 Å². The highest BCUT2D eigenvalue weighted by Gasteiger charge is 2.53. The van der Waals surface area contributed by atoms with Crippen LogP contribution in [-0.4, -0.2) is 9.97 Å². The van der Waals surface area contributed by atoms with Crippen molar-refractivity contribution in [2.75, 3.05) is 0 Å². The zero-order valence-electron chi connectivity index (χ0n) is 33.5. The Labute approximate surface area is 350 Å². The maximum Gasteiger partial charge on any atom is 0.160 e. The number of rotatable bonds is 4. The van der Waals surface area contributed by atoms with E-state index in [4.69, 9.17) is 9.97 Å². The van der Waals surface area contributed by atoms with Crippen molar-refractivity contribution in [3.05, 3.63) is 240 Å². The summed E-state index contributed by atoms with van der Waals surface area (Å²) in [4.78, 5) is 10.6. The Hall–Kier alpha value is -7.42. The van der Waals surface area contributed by atoms with Gasteiger partial charge >= 0.3 is 0 Å². The van der Waals surface area contributed by atoms with Crippen LogP contribution in [0.25, 0.3) is 77.7 Å². The molecule has 60 heavy (non-hydrogen) atoms. The van der Waals surface area contributed by atoms with E-state index < -0.39 is 5.41 Å². The third-order valence-corrected chi connectivity index (χ3v) is 13.3. The average Bonchev–Trinajstić information content (AvgIpc) is 3.62. The molecule has 0 radical (unpaired) electrons. The maximum atomic E-state index is 5.33. The Bertz CT molecular complexity index is 3310. The highest BCUT2D eigenvalue weighted by atomic mass is 14.9. The molecule has 0 saturated carbocycles. The van der Waals surface area contributed by atoms with E-state index in [0.29, 0.717) is 5.82 Å². The summed E-state index contributed by atoms with van der Waals surface area (Å²) in [5.74, 6) is 0.702. The van der Waals surface area contributed by atoms with Crippen LogP contribution in [0.1, 0.15) is 47.2 Å². The molecule has 1 spiro atoms. The first-order valence-electron chi connectivity index (χ1n) is 20.9. The molecule has 2 nitrogen and oxygen atoms in total. The summed E-state index contributed by atoms with van der Waals surface area (Å²) in [6, 6.07) is 75.5. The third-order valence-electron chi connectivity index (χ3n) is 13.3. The van der Waals surface area contributed by atoms with E-state index in [2.05, 4.69) is 220 Å². The SMILES string of the molecule is CC1(C)c2ccccc2C2(c3ccccc3-c3c(-c4cccc(-c5nc(-c6ccccc6)cc(-c6ccc7c(ccc8ccccc87)c6)n5)c4)cccc32)c2ccccc21. The number of hydrogen-bond acceptors (Lipinski definition) is 2. The molecule has 282 valence electrons. The van der Waals surface area contributed by atoms with Crippen LogP contribution in [0, 0.1) is 0 Å². The molecular weight excluding hydrogens is 725 g/mol. The highest BCUT2D eigenvalue weighted by molar-refractivity contribution is 6.08. The van der Waals surface area contributed by atoms with Crippen molar-refractivity contribution in [1.29, 1.82) is 0 Å². The van der Waals surface area contributed by atoms with Crippen molar-refractivity contribution in [3.8, 4) is 56.2 Å². The molecule has 2 heteroatoms. The fourth-order valence-electron chi connectivity index (χ4n) is 10.6. The smallest absolute Gasteiger partial charge is 0.160 e. The number of fused-ring (bicyclic) bond motifs is 12. The summed E-state index contributed by atoms with van der Waals surface area (Å²) in [5.41, 5.74) is 17.4. The molecule has 0 bridgehead atoms. The number of nitrogens with zero attached hydrogens (tertiary/aromatic N) is 2. The summed E-state index contributed by atoms with van der Waals surface area (Å²) in [7, 11) is 0. The second-order valence-corrected chi connectivity index (χ2v) is 16.9. The van der Waals surface area contributed by atoms with Gasteiger partial charge in [0.05, 0.1) is 16.8 Å². The Kier molecular flexibility index (Phi) is 7.52. The van der Waals surface area contributed by atoms with Gasteiger partial charge in [-0.2, -0.15) is 0 Å². The molecule has 10 aromatic rings. The zero-order valence-corrected chi connectivity index (χ0v) is 33.5. The Balaban J connectivity index is 1.05. The Morgan fingerprint density at radius 3 is 1.67 bits per heavy atom. The van der Waals surface area contributed by atoms with E-state index in [1.807, 2.05) is 0 Å². The summed E-state index contributed by atoms with van der Waals surface area (Å²) >= 11 is 0. The van der Waals surface area contributed by atoms with Crippen LogP contribution in [0.4, 0.5) is 0 Å². The fraction of sp³-hybridized carbons (Fsp3) is 0.0690. The standard InChI is InChI=1S/C58H40N2/c1-57(2)48-25-10-12-27-50(48)58(51-28-13-11-26-49(51)57)47-24-9-8-22-46(47)55-45(23-15-29-52(55)58)39-19-14-20-42(35-39)56-59-53(38-17-4-3-5-18-38)36-54(60-56)41-32-33-44-40(34-41)31-30-37-16-6-7-21-43(37)44/h3-36H,1-2H3. The Morgan fingerprint density at radius 1 is 0.333 bits per heavy atom. The molecule has 0 aliphatic heterocycles. The molecule has 0 unspecified atom stereocenters. The highest BCUT2D eigenvalue weighted by Crippen LogP contribution is 2.63. The maximum absolute atomic E-state index is 5.33. The van der Waals surface area contributed by atoms with Crippen molar-refractivity contribution < 1.29 is 0 Å². The largest absolute Gasteiger partial charge is 0.228 e. The number of benzene rings is 9. The van der Waals surface area contributed by atoms with Crippen molar-refractivity contribution in [3.63, 3.8) is 0 Å². The molecule has 9 aromatic carbocycles. The molecule has 2 aliphatic carbocycles. The first-order valence-corrected chi connectivity index (χ1v) is 20.9. The predicted octanol–water partition coefficient (Wildman–Crippen LogP) is 14.5. The molecule has 12 rings (SSSR count). The van der Waals surface area contributed by atoms with Gasteiger partial charge in [-0.05, 0) is 95.4 Å². The lowest BCUT2D eigenvalue weighted by Gasteiger charge is -2.46. The first kappa shape index (κ1) is 34.6. The molecular formula is C58H40N2. The molecule has 2 aliphatic rings. The van der Waals surface area contributed by atoms with Gasteiger partial charge in [0.1, 0.15) is 0 Å². The van der Waals surface area contributed by atoms with Gasteiger partial charge in [-0.15, -0.1) is 0 Å². The second kappa shape index (κ2) is 13.0. The second-order valence-electron chi connectivity index (χ2n) is 16.9. The van der Waals surface area contributed by atoms with Crippen LogP contribution in [0.3, 0.4) is 0 Å². The van der Waals surface area contributed by atoms with Gasteiger partial charge in [0.2, 0.25) is 0 Å². The third kappa shape index (κ3) is 4.94. The summed E-state index contributed by atoms with van der Waals surface area (Å²) in [6.07, 6.45) is 0. The van der Waals surface area contributed by atoms with Gasteiger partial charge in [0.15, 0.2) is 5.82 Å². The topological polar surface area (TPSA) is 25.8 Å². The lowest BCUT2D eigenvalue weighted by atomic mass is 9.55. The molecule has 0 N–H and O–H groups in total. The van der Waals surface area contributed by atoms with Gasteiger partial charge in [0.25, 0.3) is 0 Å². The van der Waals surface area contributed by atoms with E-state index in [9.17, 15) is 0 Å². The van der Waals surface area contributed by atoms with Crippen molar-refractivity contribution in [2.45, 2.75) is 24.7 Å². The average molecular weight is 765 g/mol. The van der Waals surface area contributed by atoms with Gasteiger partial charge < -0.3 is 0 Å². The minimum absolute atomic E-state index is 0.142. The number of aromatic nitrogens is 2. The first-order chi connectivity index (χ1) is 29.5. The minimum atomic E-state index is -0.448. The van der Waals surface area contributed by atoms with E-state index in [-0.39, 0.29) is 5.41 Å². The van der Waals surface area contributed by atoms with Crippen LogP contribution >= 0.6 is 0 Å². The molecule has 0 atom stereocenters. The van der Waals surface area contributed by atoms with E-state index in [0.717, 1.165) is 33.6 Å². The fourth-order valence-corrected chi connectivity index (χ4v) is 10.6. The lowest BCUT2D eigenvalue weighted by Crippen LogP contribution is -2.40. The molecule has 0 amide bonds. The summed E-state index contributed by atoms with van der Waals surface area (Å²) in [6.45, 7) is 4.76.